The molecule has 2 N–H and O–H groups in total. The molecule has 0 heterocycles. The summed E-state index contributed by atoms with van der Waals surface area (Å²) in [4.78, 5) is 13.1. The number of rotatable bonds is 5. The molecule has 0 atom stereocenters. The number of carbonyl (C=O) groups excluding carboxylic acids is 1. The van der Waals surface area contributed by atoms with Crippen molar-refractivity contribution in [1.82, 2.24) is 0 Å². The molecule has 0 saturated carbocycles. The summed E-state index contributed by atoms with van der Waals surface area (Å²) in [6, 6.07) is 14.7. The van der Waals surface area contributed by atoms with E-state index in [2.05, 4.69) is 0 Å². The average Bonchev–Trinajstić information content (AvgIpc) is 2.46. The van der Waals surface area contributed by atoms with Gasteiger partial charge in [0.05, 0.1) is 12.9 Å². The highest BCUT2D eigenvalue weighted by Gasteiger charge is 2.07. The summed E-state index contributed by atoms with van der Waals surface area (Å²) in [5, 5.41) is 0. The second-order valence-electron chi connectivity index (χ2n) is 4.01. The maximum Gasteiger partial charge on any atom is 0.173 e. The van der Waals surface area contributed by atoms with Gasteiger partial charge in [0.15, 0.2) is 5.78 Å². The van der Waals surface area contributed by atoms with E-state index in [0.717, 1.165) is 10.6 Å². The Hall–Kier alpha value is -1.94. The molecule has 19 heavy (non-hydrogen) atoms. The molecule has 0 spiro atoms. The van der Waals surface area contributed by atoms with E-state index in [1.54, 1.807) is 19.2 Å². The summed E-state index contributed by atoms with van der Waals surface area (Å²) in [5.74, 6) is 1.18. The molecule has 0 radical (unpaired) electrons. The van der Waals surface area contributed by atoms with E-state index in [1.807, 2.05) is 36.4 Å². The van der Waals surface area contributed by atoms with Gasteiger partial charge in [0.2, 0.25) is 0 Å². The summed E-state index contributed by atoms with van der Waals surface area (Å²) in [6.07, 6.45) is 0. The van der Waals surface area contributed by atoms with Crippen molar-refractivity contribution in [2.75, 3.05) is 18.6 Å². The molecule has 2 aromatic rings. The highest BCUT2D eigenvalue weighted by atomic mass is 32.2. The van der Waals surface area contributed by atoms with Crippen LogP contribution < -0.4 is 10.5 Å². The average molecular weight is 273 g/mol. The number of thioether (sulfide) groups is 1. The lowest BCUT2D eigenvalue weighted by Crippen LogP contribution is -2.02. The van der Waals surface area contributed by atoms with Crippen molar-refractivity contribution in [1.29, 1.82) is 0 Å². The Kier molecular flexibility index (Phi) is 4.47. The van der Waals surface area contributed by atoms with Crippen molar-refractivity contribution in [3.8, 4) is 5.75 Å². The zero-order valence-electron chi connectivity index (χ0n) is 10.6. The highest BCUT2D eigenvalue weighted by molar-refractivity contribution is 8.00. The fourth-order valence-corrected chi connectivity index (χ4v) is 2.39. The second kappa shape index (κ2) is 6.29. The Balaban J connectivity index is 1.99. The zero-order valence-corrected chi connectivity index (χ0v) is 11.4. The standard InChI is InChI=1S/C15H15NO2S/c1-18-13-4-2-3-11(9-13)15(17)10-19-14-7-5-12(16)6-8-14/h2-9H,10,16H2,1H3. The van der Waals surface area contributed by atoms with Crippen LogP contribution in [-0.4, -0.2) is 18.6 Å². The van der Waals surface area contributed by atoms with Crippen LogP contribution in [0.2, 0.25) is 0 Å². The van der Waals surface area contributed by atoms with Gasteiger partial charge >= 0.3 is 0 Å². The first kappa shape index (κ1) is 13.5. The molecule has 3 nitrogen and oxygen atoms in total. The smallest absolute Gasteiger partial charge is 0.173 e. The number of anilines is 1. The van der Waals surface area contributed by atoms with Gasteiger partial charge in [-0.05, 0) is 36.4 Å². The van der Waals surface area contributed by atoms with Crippen LogP contribution in [0.1, 0.15) is 10.4 Å². The molecule has 0 aliphatic rings. The van der Waals surface area contributed by atoms with Crippen molar-refractivity contribution in [3.05, 3.63) is 54.1 Å². The normalized spacial score (nSPS) is 10.2. The predicted molar refractivity (Wildman–Crippen MR) is 78.9 cm³/mol. The van der Waals surface area contributed by atoms with Crippen LogP contribution in [0.3, 0.4) is 0 Å². The van der Waals surface area contributed by atoms with Crippen molar-refractivity contribution >= 4 is 23.2 Å². The molecule has 0 fully saturated rings. The lowest BCUT2D eigenvalue weighted by Gasteiger charge is -2.04. The molecule has 2 aromatic carbocycles. The van der Waals surface area contributed by atoms with Crippen LogP contribution in [0.4, 0.5) is 5.69 Å². The van der Waals surface area contributed by atoms with Crippen LogP contribution in [0.25, 0.3) is 0 Å². The SMILES string of the molecule is COc1cccc(C(=O)CSc2ccc(N)cc2)c1. The minimum Gasteiger partial charge on any atom is -0.497 e. The molecule has 2 rings (SSSR count). The van der Waals surface area contributed by atoms with Crippen LogP contribution >= 0.6 is 11.8 Å². The fourth-order valence-electron chi connectivity index (χ4n) is 1.59. The molecule has 0 bridgehead atoms. The first-order valence-electron chi connectivity index (χ1n) is 5.84. The molecule has 4 heteroatoms. The van der Waals surface area contributed by atoms with Crippen LogP contribution in [0, 0.1) is 0 Å². The summed E-state index contributed by atoms with van der Waals surface area (Å²) in [5.41, 5.74) is 7.01. The van der Waals surface area contributed by atoms with Gasteiger partial charge in [0.1, 0.15) is 5.75 Å². The Morgan fingerprint density at radius 2 is 1.95 bits per heavy atom. The van der Waals surface area contributed by atoms with E-state index in [0.29, 0.717) is 17.1 Å². The third kappa shape index (κ3) is 3.76. The Bertz CT molecular complexity index is 567. The van der Waals surface area contributed by atoms with Gasteiger partial charge in [-0.1, -0.05) is 12.1 Å². The molecule has 0 aromatic heterocycles. The summed E-state index contributed by atoms with van der Waals surface area (Å²) in [7, 11) is 1.59. The molecule has 0 unspecified atom stereocenters. The van der Waals surface area contributed by atoms with Crippen LogP contribution in [0.15, 0.2) is 53.4 Å². The molecular formula is C15H15NO2S. The van der Waals surface area contributed by atoms with E-state index >= 15 is 0 Å². The van der Waals surface area contributed by atoms with Crippen LogP contribution in [-0.2, 0) is 0 Å². The van der Waals surface area contributed by atoms with Gasteiger partial charge in [0.25, 0.3) is 0 Å². The van der Waals surface area contributed by atoms with Crippen molar-refractivity contribution in [2.45, 2.75) is 4.90 Å². The molecule has 0 saturated heterocycles. The van der Waals surface area contributed by atoms with Gasteiger partial charge in [-0.15, -0.1) is 11.8 Å². The zero-order chi connectivity index (χ0) is 13.7. The number of Topliss-reactive ketones (excluding diaryl/α,β-unsaturated/α-hetero) is 1. The quantitative estimate of drug-likeness (QED) is 0.516. The van der Waals surface area contributed by atoms with Gasteiger partial charge < -0.3 is 10.5 Å². The lowest BCUT2D eigenvalue weighted by molar-refractivity contribution is 0.102. The van der Waals surface area contributed by atoms with Gasteiger partial charge in [-0.25, -0.2) is 0 Å². The third-order valence-corrected chi connectivity index (χ3v) is 3.65. The number of nitrogens with two attached hydrogens (primary N) is 1. The topological polar surface area (TPSA) is 52.3 Å². The number of methoxy groups -OCH3 is 1. The maximum atomic E-state index is 12.1. The number of hydrogen-bond acceptors (Lipinski definition) is 4. The van der Waals surface area contributed by atoms with Gasteiger partial charge in [0, 0.05) is 16.1 Å². The second-order valence-corrected chi connectivity index (χ2v) is 5.06. The van der Waals surface area contributed by atoms with Crippen molar-refractivity contribution in [2.24, 2.45) is 0 Å². The maximum absolute atomic E-state index is 12.1. The Labute approximate surface area is 116 Å². The number of ketones is 1. The van der Waals surface area contributed by atoms with Crippen molar-refractivity contribution in [3.63, 3.8) is 0 Å². The van der Waals surface area contributed by atoms with E-state index in [9.17, 15) is 4.79 Å². The molecule has 0 aliphatic carbocycles. The lowest BCUT2D eigenvalue weighted by atomic mass is 10.1. The third-order valence-electron chi connectivity index (χ3n) is 2.64. The molecule has 0 aliphatic heterocycles. The number of hydrogen-bond donors (Lipinski definition) is 1. The minimum absolute atomic E-state index is 0.0840. The fraction of sp³-hybridized carbons (Fsp3) is 0.133. The first-order chi connectivity index (χ1) is 9.19. The largest absolute Gasteiger partial charge is 0.497 e. The summed E-state index contributed by atoms with van der Waals surface area (Å²) >= 11 is 1.50. The predicted octanol–water partition coefficient (Wildman–Crippen LogP) is 3.25. The Morgan fingerprint density at radius 1 is 1.21 bits per heavy atom. The monoisotopic (exact) mass is 273 g/mol. The molecule has 0 amide bonds. The number of benzene rings is 2. The van der Waals surface area contributed by atoms with E-state index < -0.39 is 0 Å². The summed E-state index contributed by atoms with van der Waals surface area (Å²) in [6.45, 7) is 0. The van der Waals surface area contributed by atoms with E-state index in [1.165, 1.54) is 11.8 Å². The molecule has 98 valence electrons. The Morgan fingerprint density at radius 3 is 2.63 bits per heavy atom. The minimum atomic E-state index is 0.0840. The van der Waals surface area contributed by atoms with E-state index in [-0.39, 0.29) is 5.78 Å². The van der Waals surface area contributed by atoms with Crippen molar-refractivity contribution < 1.29 is 9.53 Å². The highest BCUT2D eigenvalue weighted by Crippen LogP contribution is 2.21. The van der Waals surface area contributed by atoms with Gasteiger partial charge in [-0.2, -0.15) is 0 Å². The van der Waals surface area contributed by atoms with E-state index in [4.69, 9.17) is 10.5 Å². The molecular weight excluding hydrogens is 258 g/mol. The number of nitrogen functional groups attached to an aromatic ring is 1. The summed E-state index contributed by atoms with van der Waals surface area (Å²) < 4.78 is 5.11. The number of ether oxygens (including phenoxy) is 1. The first-order valence-corrected chi connectivity index (χ1v) is 6.83. The number of carbonyl (C=O) groups is 1. The van der Waals surface area contributed by atoms with Gasteiger partial charge in [-0.3, -0.25) is 4.79 Å². The van der Waals surface area contributed by atoms with Crippen LogP contribution in [0.5, 0.6) is 5.75 Å².